The minimum absolute atomic E-state index is 0.565. The van der Waals surface area contributed by atoms with Crippen LogP contribution >= 0.6 is 27.3 Å². The molecule has 0 saturated heterocycles. The molecule has 1 aromatic carbocycles. The number of benzene rings is 1. The molecule has 0 unspecified atom stereocenters. The summed E-state index contributed by atoms with van der Waals surface area (Å²) >= 11 is 4.90. The van der Waals surface area contributed by atoms with Crippen LogP contribution in [-0.4, -0.2) is 12.1 Å². The van der Waals surface area contributed by atoms with Gasteiger partial charge < -0.3 is 4.74 Å². The molecule has 1 aromatic heterocycles. The van der Waals surface area contributed by atoms with Crippen LogP contribution in [0, 0.1) is 18.3 Å². The van der Waals surface area contributed by atoms with Gasteiger partial charge in [-0.1, -0.05) is 6.07 Å². The maximum Gasteiger partial charge on any atom is 0.134 e. The van der Waals surface area contributed by atoms with Gasteiger partial charge >= 0.3 is 0 Å². The Bertz CT molecular complexity index is 670. The molecule has 0 saturated carbocycles. The molecule has 0 spiro atoms. The van der Waals surface area contributed by atoms with Crippen molar-refractivity contribution in [2.45, 2.75) is 6.92 Å². The number of thiazole rings is 1. The fraction of sp³-hybridized carbons (Fsp3) is 0.143. The third kappa shape index (κ3) is 3.22. The Balaban J connectivity index is 2.39. The van der Waals surface area contributed by atoms with E-state index in [1.165, 1.54) is 11.3 Å². The van der Waals surface area contributed by atoms with E-state index in [4.69, 9.17) is 4.74 Å². The van der Waals surface area contributed by atoms with Crippen molar-refractivity contribution in [2.24, 2.45) is 0 Å². The molecule has 0 aliphatic heterocycles. The Morgan fingerprint density at radius 2 is 2.32 bits per heavy atom. The van der Waals surface area contributed by atoms with Crippen molar-refractivity contribution in [3.8, 4) is 11.8 Å². The van der Waals surface area contributed by atoms with Crippen LogP contribution in [0.3, 0.4) is 0 Å². The van der Waals surface area contributed by atoms with E-state index in [1.54, 1.807) is 7.11 Å². The lowest BCUT2D eigenvalue weighted by atomic mass is 10.1. The summed E-state index contributed by atoms with van der Waals surface area (Å²) in [5.41, 5.74) is 2.42. The number of ether oxygens (including phenoxy) is 1. The summed E-state index contributed by atoms with van der Waals surface area (Å²) in [5, 5.41) is 11.9. The molecule has 2 aromatic rings. The summed E-state index contributed by atoms with van der Waals surface area (Å²) in [7, 11) is 1.62. The highest BCUT2D eigenvalue weighted by Crippen LogP contribution is 2.28. The van der Waals surface area contributed by atoms with Gasteiger partial charge in [0.1, 0.15) is 16.8 Å². The number of rotatable bonds is 3. The Hall–Kier alpha value is -1.64. The zero-order valence-corrected chi connectivity index (χ0v) is 12.9. The third-order valence-electron chi connectivity index (χ3n) is 2.46. The van der Waals surface area contributed by atoms with E-state index in [1.807, 2.05) is 36.6 Å². The molecule has 5 heteroatoms. The van der Waals surface area contributed by atoms with Crippen molar-refractivity contribution in [1.29, 1.82) is 5.26 Å². The quantitative estimate of drug-likeness (QED) is 0.786. The summed E-state index contributed by atoms with van der Waals surface area (Å²) in [4.78, 5) is 4.33. The molecule has 0 radical (unpaired) electrons. The van der Waals surface area contributed by atoms with Crippen LogP contribution in [0.25, 0.3) is 11.6 Å². The second-order valence-electron chi connectivity index (χ2n) is 3.86. The number of hydrogen-bond acceptors (Lipinski definition) is 4. The normalized spacial score (nSPS) is 11.2. The number of aryl methyl sites for hydroxylation is 1. The van der Waals surface area contributed by atoms with E-state index in [2.05, 4.69) is 27.0 Å². The molecule has 96 valence electrons. The largest absolute Gasteiger partial charge is 0.496 e. The van der Waals surface area contributed by atoms with E-state index in [9.17, 15) is 5.26 Å². The average molecular weight is 335 g/mol. The topological polar surface area (TPSA) is 45.9 Å². The van der Waals surface area contributed by atoms with E-state index in [0.29, 0.717) is 5.57 Å². The van der Waals surface area contributed by atoms with Crippen molar-refractivity contribution >= 4 is 38.9 Å². The number of methoxy groups -OCH3 is 1. The van der Waals surface area contributed by atoms with Gasteiger partial charge in [0.2, 0.25) is 0 Å². The van der Waals surface area contributed by atoms with Crippen LogP contribution in [0.5, 0.6) is 5.75 Å². The average Bonchev–Trinajstić information content (AvgIpc) is 2.82. The molecule has 2 rings (SSSR count). The van der Waals surface area contributed by atoms with Crippen molar-refractivity contribution in [3.63, 3.8) is 0 Å². The number of aromatic nitrogens is 1. The summed E-state index contributed by atoms with van der Waals surface area (Å²) in [6, 6.07) is 7.87. The first-order valence-corrected chi connectivity index (χ1v) is 7.19. The highest BCUT2D eigenvalue weighted by atomic mass is 79.9. The predicted octanol–water partition coefficient (Wildman–Crippen LogP) is 4.29. The molecule has 0 aliphatic carbocycles. The van der Waals surface area contributed by atoms with Crippen LogP contribution < -0.4 is 4.74 Å². The van der Waals surface area contributed by atoms with Crippen LogP contribution in [0.15, 0.2) is 28.1 Å². The summed E-state index contributed by atoms with van der Waals surface area (Å²) in [6.07, 6.45) is 1.82. The molecule has 0 atom stereocenters. The van der Waals surface area contributed by atoms with Gasteiger partial charge in [-0.25, -0.2) is 4.98 Å². The smallest absolute Gasteiger partial charge is 0.134 e. The van der Waals surface area contributed by atoms with E-state index >= 15 is 0 Å². The monoisotopic (exact) mass is 334 g/mol. The molecular formula is C14H11BrN2OS. The lowest BCUT2D eigenvalue weighted by molar-refractivity contribution is 0.412. The highest BCUT2D eigenvalue weighted by Gasteiger charge is 2.06. The first-order chi connectivity index (χ1) is 9.13. The van der Waals surface area contributed by atoms with Gasteiger partial charge in [-0.3, -0.25) is 0 Å². The van der Waals surface area contributed by atoms with Gasteiger partial charge in [0.15, 0.2) is 0 Å². The molecule has 1 heterocycles. The Morgan fingerprint density at radius 1 is 1.53 bits per heavy atom. The molecule has 3 nitrogen and oxygen atoms in total. The van der Waals surface area contributed by atoms with Gasteiger partial charge in [0.25, 0.3) is 0 Å². The lowest BCUT2D eigenvalue weighted by Gasteiger charge is -2.03. The molecule has 0 aliphatic rings. The Labute approximate surface area is 124 Å². The second kappa shape index (κ2) is 6.00. The summed E-state index contributed by atoms with van der Waals surface area (Å²) < 4.78 is 6.03. The first-order valence-electron chi connectivity index (χ1n) is 5.52. The molecular weight excluding hydrogens is 324 g/mol. The minimum atomic E-state index is 0.565. The lowest BCUT2D eigenvalue weighted by Crippen LogP contribution is -1.85. The van der Waals surface area contributed by atoms with Gasteiger partial charge in [0, 0.05) is 11.1 Å². The van der Waals surface area contributed by atoms with Crippen LogP contribution in [0.1, 0.15) is 16.3 Å². The molecule has 0 fully saturated rings. The standard InChI is InChI=1S/C14H11BrN2OS/c1-9-8-19-14(17-9)11(7-16)5-10-3-4-13(18-2)12(15)6-10/h3-6,8H,1-2H3/b11-5+. The molecule has 19 heavy (non-hydrogen) atoms. The predicted molar refractivity (Wildman–Crippen MR) is 81.0 cm³/mol. The van der Waals surface area contributed by atoms with Gasteiger partial charge in [-0.15, -0.1) is 11.3 Å². The zero-order chi connectivity index (χ0) is 13.8. The van der Waals surface area contributed by atoms with Crippen molar-refractivity contribution in [2.75, 3.05) is 7.11 Å². The maximum atomic E-state index is 9.23. The van der Waals surface area contributed by atoms with E-state index in [0.717, 1.165) is 26.5 Å². The van der Waals surface area contributed by atoms with Crippen molar-refractivity contribution < 1.29 is 4.74 Å². The maximum absolute atomic E-state index is 9.23. The number of nitrogens with zero attached hydrogens (tertiary/aromatic N) is 2. The number of hydrogen-bond donors (Lipinski definition) is 0. The zero-order valence-electron chi connectivity index (χ0n) is 10.5. The fourth-order valence-electron chi connectivity index (χ4n) is 1.56. The fourth-order valence-corrected chi connectivity index (χ4v) is 2.88. The molecule has 0 bridgehead atoms. The van der Waals surface area contributed by atoms with E-state index in [-0.39, 0.29) is 0 Å². The van der Waals surface area contributed by atoms with Crippen molar-refractivity contribution in [3.05, 3.63) is 44.3 Å². The van der Waals surface area contributed by atoms with Crippen LogP contribution in [0.2, 0.25) is 0 Å². The van der Waals surface area contributed by atoms with E-state index < -0.39 is 0 Å². The summed E-state index contributed by atoms with van der Waals surface area (Å²) in [6.45, 7) is 1.92. The number of allylic oxidation sites excluding steroid dienone is 1. The number of nitriles is 1. The Morgan fingerprint density at radius 3 is 2.84 bits per heavy atom. The molecule has 0 N–H and O–H groups in total. The third-order valence-corrected chi connectivity index (χ3v) is 4.07. The van der Waals surface area contributed by atoms with Gasteiger partial charge in [-0.2, -0.15) is 5.26 Å². The Kier molecular flexibility index (Phi) is 4.35. The van der Waals surface area contributed by atoms with Crippen LogP contribution in [0.4, 0.5) is 0 Å². The van der Waals surface area contributed by atoms with Gasteiger partial charge in [-0.05, 0) is 46.6 Å². The van der Waals surface area contributed by atoms with Crippen molar-refractivity contribution in [1.82, 2.24) is 4.98 Å². The SMILES string of the molecule is COc1ccc(/C=C(\C#N)c2nc(C)cs2)cc1Br. The highest BCUT2D eigenvalue weighted by molar-refractivity contribution is 9.10. The minimum Gasteiger partial charge on any atom is -0.496 e. The van der Waals surface area contributed by atoms with Crippen LogP contribution in [-0.2, 0) is 0 Å². The second-order valence-corrected chi connectivity index (χ2v) is 5.57. The first kappa shape index (κ1) is 13.8. The summed E-state index contributed by atoms with van der Waals surface area (Å²) in [5.74, 6) is 0.765. The number of halogens is 1. The van der Waals surface area contributed by atoms with Gasteiger partial charge in [0.05, 0.1) is 17.2 Å². The molecule has 0 amide bonds.